The van der Waals surface area contributed by atoms with Crippen LogP contribution >= 0.6 is 11.8 Å². The molecule has 8 nitrogen and oxygen atoms in total. The number of carbonyl (C=O) groups is 3. The molecule has 4 rings (SSSR count). The van der Waals surface area contributed by atoms with E-state index in [2.05, 4.69) is 0 Å². The molecule has 1 amide bonds. The van der Waals surface area contributed by atoms with Crippen LogP contribution in [0.25, 0.3) is 0 Å². The van der Waals surface area contributed by atoms with Gasteiger partial charge in [0.25, 0.3) is 12.2 Å². The van der Waals surface area contributed by atoms with Crippen LogP contribution in [0.15, 0.2) is 34.2 Å². The minimum atomic E-state index is -1.46. The van der Waals surface area contributed by atoms with Crippen molar-refractivity contribution >= 4 is 40.4 Å². The highest BCUT2D eigenvalue weighted by Crippen LogP contribution is 2.49. The Bertz CT molecular complexity index is 912. The zero-order chi connectivity index (χ0) is 19.3. The molecule has 0 N–H and O–H groups in total. The van der Waals surface area contributed by atoms with Crippen molar-refractivity contribution in [2.75, 3.05) is 12.9 Å². The third kappa shape index (κ3) is 2.70. The van der Waals surface area contributed by atoms with Gasteiger partial charge in [-0.25, -0.2) is 9.59 Å². The Balaban J connectivity index is 1.63. The maximum atomic E-state index is 12.8. The number of benzene rings is 1. The molecular weight excluding hydrogens is 394 g/mol. The normalized spacial score (nSPS) is 27.0. The van der Waals surface area contributed by atoms with Gasteiger partial charge in [-0.3, -0.25) is 13.9 Å². The average molecular weight is 409 g/mol. The van der Waals surface area contributed by atoms with E-state index in [9.17, 15) is 18.6 Å². The second-order valence-electron chi connectivity index (χ2n) is 5.87. The fourth-order valence-electron chi connectivity index (χ4n) is 3.10. The summed E-state index contributed by atoms with van der Waals surface area (Å²) in [7, 11) is -0.0520. The molecule has 0 bridgehead atoms. The zero-order valence-electron chi connectivity index (χ0n) is 14.4. The maximum Gasteiger partial charge on any atom is 0.360 e. The molecule has 1 aromatic rings. The number of hydrogen-bond acceptors (Lipinski definition) is 8. The van der Waals surface area contributed by atoms with Crippen molar-refractivity contribution in [1.29, 1.82) is 0 Å². The van der Waals surface area contributed by atoms with Crippen LogP contribution in [-0.4, -0.2) is 51.3 Å². The minimum Gasteiger partial charge on any atom is -0.417 e. The van der Waals surface area contributed by atoms with E-state index in [0.717, 1.165) is 11.8 Å². The lowest BCUT2D eigenvalue weighted by Crippen LogP contribution is -2.62. The van der Waals surface area contributed by atoms with Crippen LogP contribution < -0.4 is 0 Å². The Labute approximate surface area is 161 Å². The first kappa shape index (κ1) is 18.2. The van der Waals surface area contributed by atoms with Gasteiger partial charge < -0.3 is 14.2 Å². The van der Waals surface area contributed by atoms with Gasteiger partial charge >= 0.3 is 11.9 Å². The highest BCUT2D eigenvalue weighted by molar-refractivity contribution is 8.17. The number of hydrogen-bond donors (Lipinski definition) is 0. The summed E-state index contributed by atoms with van der Waals surface area (Å²) in [5.74, 6) is -1.56. The third-order valence-electron chi connectivity index (χ3n) is 4.44. The standard InChI is InChI=1S/C17H15NO7S2/c1-3-27(22)17-10(18-12(19)11(23-2)13(18)26-17)15(21)25-16-9-7-5-4-6-8(9)14(20)24-16/h4-7,11,13,16H,3H2,1-2H3/t11-,13+,16?,27?/m0/s1. The number of rotatable bonds is 5. The summed E-state index contributed by atoms with van der Waals surface area (Å²) in [6.07, 6.45) is -1.90. The van der Waals surface area contributed by atoms with Gasteiger partial charge in [0.1, 0.15) is 9.61 Å². The Morgan fingerprint density at radius 2 is 2.07 bits per heavy atom. The van der Waals surface area contributed by atoms with Crippen LogP contribution in [0, 0.1) is 0 Å². The van der Waals surface area contributed by atoms with Gasteiger partial charge in [0.05, 0.1) is 16.4 Å². The smallest absolute Gasteiger partial charge is 0.360 e. The molecule has 1 aromatic carbocycles. The van der Waals surface area contributed by atoms with E-state index in [1.54, 1.807) is 31.2 Å². The van der Waals surface area contributed by atoms with Crippen molar-refractivity contribution < 1.29 is 32.8 Å². The summed E-state index contributed by atoms with van der Waals surface area (Å²) in [5, 5.41) is -0.450. The van der Waals surface area contributed by atoms with Gasteiger partial charge in [0.15, 0.2) is 11.8 Å². The Morgan fingerprint density at radius 1 is 1.33 bits per heavy atom. The molecule has 0 saturated carbocycles. The van der Waals surface area contributed by atoms with Gasteiger partial charge in [-0.15, -0.1) is 0 Å². The van der Waals surface area contributed by atoms with Crippen molar-refractivity contribution in [2.45, 2.75) is 24.7 Å². The summed E-state index contributed by atoms with van der Waals surface area (Å²) in [6, 6.07) is 6.57. The van der Waals surface area contributed by atoms with Crippen molar-refractivity contribution in [3.63, 3.8) is 0 Å². The predicted molar refractivity (Wildman–Crippen MR) is 95.4 cm³/mol. The highest BCUT2D eigenvalue weighted by atomic mass is 32.2. The number of esters is 2. The first-order chi connectivity index (χ1) is 13.0. The fraction of sp³-hybridized carbons (Fsp3) is 0.353. The molecule has 0 aliphatic carbocycles. The van der Waals surface area contributed by atoms with Crippen molar-refractivity contribution in [1.82, 2.24) is 4.90 Å². The lowest BCUT2D eigenvalue weighted by molar-refractivity contribution is -0.172. The monoisotopic (exact) mass is 409 g/mol. The number of ether oxygens (including phenoxy) is 3. The predicted octanol–water partition coefficient (Wildman–Crippen LogP) is 1.27. The number of thioether (sulfide) groups is 1. The van der Waals surface area contributed by atoms with Crippen LogP contribution in [0.4, 0.5) is 0 Å². The molecule has 10 heteroatoms. The molecule has 142 valence electrons. The van der Waals surface area contributed by atoms with E-state index in [1.807, 2.05) is 0 Å². The lowest BCUT2D eigenvalue weighted by atomic mass is 10.1. The van der Waals surface area contributed by atoms with Crippen molar-refractivity contribution in [3.05, 3.63) is 45.3 Å². The van der Waals surface area contributed by atoms with Crippen LogP contribution in [0.5, 0.6) is 0 Å². The first-order valence-electron chi connectivity index (χ1n) is 8.14. The molecule has 27 heavy (non-hydrogen) atoms. The molecule has 3 aliphatic rings. The quantitative estimate of drug-likeness (QED) is 0.530. The summed E-state index contributed by atoms with van der Waals surface area (Å²) in [6.45, 7) is 1.72. The van der Waals surface area contributed by atoms with Crippen LogP contribution in [0.3, 0.4) is 0 Å². The molecular formula is C17H15NO7S2. The largest absolute Gasteiger partial charge is 0.417 e. The number of methoxy groups -OCH3 is 1. The van der Waals surface area contributed by atoms with Crippen LogP contribution in [0.1, 0.15) is 29.1 Å². The molecule has 0 radical (unpaired) electrons. The zero-order valence-corrected chi connectivity index (χ0v) is 16.0. The average Bonchev–Trinajstić information content (AvgIpc) is 3.18. The molecule has 4 atom stereocenters. The molecule has 3 heterocycles. The molecule has 3 aliphatic heterocycles. The van der Waals surface area contributed by atoms with E-state index >= 15 is 0 Å². The maximum absolute atomic E-state index is 12.8. The van der Waals surface area contributed by atoms with E-state index < -0.39 is 46.4 Å². The van der Waals surface area contributed by atoms with Gasteiger partial charge in [0.2, 0.25) is 0 Å². The van der Waals surface area contributed by atoms with Gasteiger partial charge in [-0.2, -0.15) is 0 Å². The van der Waals surface area contributed by atoms with Crippen LogP contribution in [-0.2, 0) is 34.6 Å². The number of amides is 1. The SMILES string of the molecule is CCS(=O)C1=C(C(=O)OC2OC(=O)c3ccccc32)N2C(=O)[C@H](OC)[C@H]2S1. The first-order valence-corrected chi connectivity index (χ1v) is 10.3. The van der Waals surface area contributed by atoms with Gasteiger partial charge in [-0.1, -0.05) is 36.9 Å². The second kappa shape index (κ2) is 6.77. The van der Waals surface area contributed by atoms with Gasteiger partial charge in [-0.05, 0) is 6.07 Å². The van der Waals surface area contributed by atoms with Gasteiger partial charge in [0, 0.05) is 18.4 Å². The lowest BCUT2D eigenvalue weighted by Gasteiger charge is -2.41. The number of carbonyl (C=O) groups excluding carboxylic acids is 3. The summed E-state index contributed by atoms with van der Waals surface area (Å²) in [4.78, 5) is 38.3. The number of fused-ring (bicyclic) bond motifs is 2. The van der Waals surface area contributed by atoms with E-state index in [4.69, 9.17) is 14.2 Å². The minimum absolute atomic E-state index is 0.0658. The molecule has 1 saturated heterocycles. The number of cyclic esters (lactones) is 1. The number of nitrogens with zero attached hydrogens (tertiary/aromatic N) is 1. The molecule has 2 unspecified atom stereocenters. The summed E-state index contributed by atoms with van der Waals surface area (Å²) in [5.41, 5.74) is 0.685. The van der Waals surface area contributed by atoms with E-state index in [1.165, 1.54) is 12.0 Å². The number of β-lactam (4-membered cyclic amide) rings is 1. The topological polar surface area (TPSA) is 99.2 Å². The molecule has 0 aromatic heterocycles. The molecule has 1 fully saturated rings. The Kier molecular flexibility index (Phi) is 4.57. The Morgan fingerprint density at radius 3 is 2.78 bits per heavy atom. The highest BCUT2D eigenvalue weighted by Gasteiger charge is 2.58. The molecule has 0 spiro atoms. The van der Waals surface area contributed by atoms with Crippen molar-refractivity contribution in [2.24, 2.45) is 0 Å². The summed E-state index contributed by atoms with van der Waals surface area (Å²) >= 11 is 1.16. The fourth-order valence-corrected chi connectivity index (χ4v) is 6.01. The van der Waals surface area contributed by atoms with E-state index in [-0.39, 0.29) is 15.7 Å². The summed E-state index contributed by atoms with van der Waals surface area (Å²) < 4.78 is 28.3. The van der Waals surface area contributed by atoms with Crippen molar-refractivity contribution in [3.8, 4) is 0 Å². The Hall–Kier alpha value is -2.17. The van der Waals surface area contributed by atoms with Crippen LogP contribution in [0.2, 0.25) is 0 Å². The van der Waals surface area contributed by atoms with E-state index in [0.29, 0.717) is 11.1 Å². The second-order valence-corrected chi connectivity index (χ2v) is 8.94. The third-order valence-corrected chi connectivity index (χ3v) is 7.52.